The SMILES string of the molecule is CCC(C(=O)Nc1cccc(-c2cc3c(o2)CCN(C(=O)c2cccc(C)c2)C3)c1)c1ccccc1. The summed E-state index contributed by atoms with van der Waals surface area (Å²) in [6.45, 7) is 5.17. The summed E-state index contributed by atoms with van der Waals surface area (Å²) in [5.74, 6) is 1.48. The molecule has 3 aromatic carbocycles. The van der Waals surface area contributed by atoms with E-state index in [1.165, 1.54) is 0 Å². The Hall–Kier alpha value is -4.12. The molecule has 1 atom stereocenters. The number of anilines is 1. The summed E-state index contributed by atoms with van der Waals surface area (Å²) in [7, 11) is 0. The Morgan fingerprint density at radius 1 is 0.972 bits per heavy atom. The lowest BCUT2D eigenvalue weighted by Crippen LogP contribution is -2.35. The first kappa shape index (κ1) is 23.6. The van der Waals surface area contributed by atoms with E-state index in [0.717, 1.165) is 45.9 Å². The van der Waals surface area contributed by atoms with Crippen molar-refractivity contribution in [2.45, 2.75) is 39.2 Å². The Morgan fingerprint density at radius 2 is 1.78 bits per heavy atom. The van der Waals surface area contributed by atoms with Gasteiger partial charge in [0, 0.05) is 41.9 Å². The highest BCUT2D eigenvalue weighted by molar-refractivity contribution is 5.96. The van der Waals surface area contributed by atoms with Crippen LogP contribution in [0.1, 0.15) is 52.1 Å². The lowest BCUT2D eigenvalue weighted by Gasteiger charge is -2.26. The lowest BCUT2D eigenvalue weighted by molar-refractivity contribution is -0.117. The zero-order chi connectivity index (χ0) is 25.1. The Kier molecular flexibility index (Phi) is 6.72. The van der Waals surface area contributed by atoms with Crippen molar-refractivity contribution >= 4 is 17.5 Å². The molecule has 5 rings (SSSR count). The van der Waals surface area contributed by atoms with E-state index >= 15 is 0 Å². The molecule has 0 radical (unpaired) electrons. The van der Waals surface area contributed by atoms with Gasteiger partial charge in [-0.15, -0.1) is 0 Å². The normalized spacial score (nSPS) is 13.7. The summed E-state index contributed by atoms with van der Waals surface area (Å²) in [5.41, 5.74) is 5.46. The van der Waals surface area contributed by atoms with Gasteiger partial charge in [-0.25, -0.2) is 0 Å². The van der Waals surface area contributed by atoms with Crippen LogP contribution in [0.25, 0.3) is 11.3 Å². The number of aryl methyl sites for hydroxylation is 1. The zero-order valence-corrected chi connectivity index (χ0v) is 20.7. The van der Waals surface area contributed by atoms with Crippen LogP contribution in [0.5, 0.6) is 0 Å². The van der Waals surface area contributed by atoms with Crippen LogP contribution < -0.4 is 5.32 Å². The minimum atomic E-state index is -0.206. The first-order valence-corrected chi connectivity index (χ1v) is 12.5. The number of benzene rings is 3. The van der Waals surface area contributed by atoms with Gasteiger partial charge in [0.25, 0.3) is 5.91 Å². The van der Waals surface area contributed by atoms with Crippen molar-refractivity contribution in [3.05, 3.63) is 113 Å². The molecule has 2 amide bonds. The topological polar surface area (TPSA) is 62.6 Å². The van der Waals surface area contributed by atoms with Crippen molar-refractivity contribution in [1.82, 2.24) is 4.90 Å². The van der Waals surface area contributed by atoms with Crippen molar-refractivity contribution in [3.8, 4) is 11.3 Å². The Labute approximate surface area is 211 Å². The second-order valence-corrected chi connectivity index (χ2v) is 9.35. The monoisotopic (exact) mass is 478 g/mol. The fourth-order valence-corrected chi connectivity index (χ4v) is 4.85. The van der Waals surface area contributed by atoms with Crippen LogP contribution in [0.3, 0.4) is 0 Å². The van der Waals surface area contributed by atoms with Crippen molar-refractivity contribution in [2.75, 3.05) is 11.9 Å². The summed E-state index contributed by atoms with van der Waals surface area (Å²) in [6.07, 6.45) is 1.40. The summed E-state index contributed by atoms with van der Waals surface area (Å²) < 4.78 is 6.19. The van der Waals surface area contributed by atoms with Gasteiger partial charge >= 0.3 is 0 Å². The van der Waals surface area contributed by atoms with Gasteiger partial charge in [-0.3, -0.25) is 9.59 Å². The van der Waals surface area contributed by atoms with Crippen LogP contribution in [0.4, 0.5) is 5.69 Å². The molecule has 1 unspecified atom stereocenters. The molecule has 0 fully saturated rings. The maximum atomic E-state index is 13.0. The van der Waals surface area contributed by atoms with E-state index in [0.29, 0.717) is 25.1 Å². The highest BCUT2D eigenvalue weighted by Gasteiger charge is 2.25. The van der Waals surface area contributed by atoms with Gasteiger partial charge in [0.2, 0.25) is 5.91 Å². The first-order valence-electron chi connectivity index (χ1n) is 12.5. The van der Waals surface area contributed by atoms with Crippen LogP contribution in [0.2, 0.25) is 0 Å². The maximum absolute atomic E-state index is 13.0. The number of amides is 2. The average molecular weight is 479 g/mol. The van der Waals surface area contributed by atoms with Crippen LogP contribution in [0.15, 0.2) is 89.3 Å². The molecule has 0 saturated heterocycles. The van der Waals surface area contributed by atoms with Crippen LogP contribution >= 0.6 is 0 Å². The van der Waals surface area contributed by atoms with Crippen LogP contribution in [-0.2, 0) is 17.8 Å². The molecular weight excluding hydrogens is 448 g/mol. The third-order valence-corrected chi connectivity index (χ3v) is 6.76. The zero-order valence-electron chi connectivity index (χ0n) is 20.7. The Balaban J connectivity index is 1.31. The Bertz CT molecular complexity index is 1390. The number of furan rings is 1. The summed E-state index contributed by atoms with van der Waals surface area (Å²) in [5, 5.41) is 3.07. The number of nitrogens with one attached hydrogen (secondary N) is 1. The molecule has 5 nitrogen and oxygen atoms in total. The van der Waals surface area contributed by atoms with E-state index in [4.69, 9.17) is 4.42 Å². The molecule has 5 heteroatoms. The fourth-order valence-electron chi connectivity index (χ4n) is 4.85. The molecule has 1 aliphatic heterocycles. The number of nitrogens with zero attached hydrogens (tertiary/aromatic N) is 1. The minimum absolute atomic E-state index is 0.0232. The second kappa shape index (κ2) is 10.2. The molecule has 1 aliphatic rings. The van der Waals surface area contributed by atoms with Crippen molar-refractivity contribution in [2.24, 2.45) is 0 Å². The molecule has 0 aliphatic carbocycles. The molecule has 0 spiro atoms. The summed E-state index contributed by atoms with van der Waals surface area (Å²) >= 11 is 0. The van der Waals surface area contributed by atoms with Gasteiger partial charge in [-0.1, -0.05) is 67.1 Å². The molecule has 0 bridgehead atoms. The molecule has 0 saturated carbocycles. The molecule has 36 heavy (non-hydrogen) atoms. The van der Waals surface area contributed by atoms with Crippen molar-refractivity contribution in [3.63, 3.8) is 0 Å². The van der Waals surface area contributed by atoms with Gasteiger partial charge in [-0.2, -0.15) is 0 Å². The number of carbonyl (C=O) groups is 2. The fraction of sp³-hybridized carbons (Fsp3) is 0.226. The highest BCUT2D eigenvalue weighted by atomic mass is 16.3. The third-order valence-electron chi connectivity index (χ3n) is 6.76. The Morgan fingerprint density at radius 3 is 2.56 bits per heavy atom. The molecular formula is C31H30N2O3. The van der Waals surface area contributed by atoms with Crippen LogP contribution in [-0.4, -0.2) is 23.3 Å². The molecule has 4 aromatic rings. The van der Waals surface area contributed by atoms with E-state index < -0.39 is 0 Å². The molecule has 182 valence electrons. The predicted octanol–water partition coefficient (Wildman–Crippen LogP) is 6.59. The van der Waals surface area contributed by atoms with Gasteiger partial charge in [0.1, 0.15) is 11.5 Å². The highest BCUT2D eigenvalue weighted by Crippen LogP contribution is 2.32. The molecule has 2 heterocycles. The van der Waals surface area contributed by atoms with E-state index in [-0.39, 0.29) is 17.7 Å². The van der Waals surface area contributed by atoms with Gasteiger partial charge in [-0.05, 0) is 49.2 Å². The quantitative estimate of drug-likeness (QED) is 0.340. The molecule has 1 aromatic heterocycles. The molecule has 1 N–H and O–H groups in total. The third kappa shape index (κ3) is 4.96. The summed E-state index contributed by atoms with van der Waals surface area (Å²) in [4.78, 5) is 27.9. The van der Waals surface area contributed by atoms with Gasteiger partial charge in [0.05, 0.1) is 5.92 Å². The summed E-state index contributed by atoms with van der Waals surface area (Å²) in [6, 6.07) is 27.3. The standard InChI is InChI=1S/C31H30N2O3/c1-3-27(22-10-5-4-6-11-22)30(34)32-26-14-8-12-23(18-26)29-19-25-20-33(16-15-28(25)36-29)31(35)24-13-7-9-21(2)17-24/h4-14,17-19,27H,3,15-16,20H2,1-2H3,(H,32,34). The van der Waals surface area contributed by atoms with E-state index in [1.54, 1.807) is 0 Å². The number of rotatable bonds is 6. The number of carbonyl (C=O) groups excluding carboxylic acids is 2. The van der Waals surface area contributed by atoms with E-state index in [1.807, 2.05) is 104 Å². The predicted molar refractivity (Wildman–Crippen MR) is 142 cm³/mol. The van der Waals surface area contributed by atoms with E-state index in [2.05, 4.69) is 5.32 Å². The largest absolute Gasteiger partial charge is 0.461 e. The van der Waals surface area contributed by atoms with Crippen molar-refractivity contribution < 1.29 is 14.0 Å². The number of hydrogen-bond donors (Lipinski definition) is 1. The van der Waals surface area contributed by atoms with Gasteiger partial charge in [0.15, 0.2) is 0 Å². The first-order chi connectivity index (χ1) is 17.5. The maximum Gasteiger partial charge on any atom is 0.254 e. The number of fused-ring (bicyclic) bond motifs is 1. The smallest absolute Gasteiger partial charge is 0.254 e. The average Bonchev–Trinajstić information content (AvgIpc) is 3.33. The number of hydrogen-bond acceptors (Lipinski definition) is 3. The van der Waals surface area contributed by atoms with Gasteiger partial charge < -0.3 is 14.6 Å². The van der Waals surface area contributed by atoms with E-state index in [9.17, 15) is 9.59 Å². The van der Waals surface area contributed by atoms with Crippen molar-refractivity contribution in [1.29, 1.82) is 0 Å². The van der Waals surface area contributed by atoms with Crippen LogP contribution in [0, 0.1) is 6.92 Å². The lowest BCUT2D eigenvalue weighted by atomic mass is 9.95. The second-order valence-electron chi connectivity index (χ2n) is 9.35. The minimum Gasteiger partial charge on any atom is -0.461 e.